The number of sulfonamides is 1. The number of amides is 1. The fourth-order valence-electron chi connectivity index (χ4n) is 5.02. The second-order valence-corrected chi connectivity index (χ2v) is 13.7. The Morgan fingerprint density at radius 3 is 2.14 bits per heavy atom. The maximum atomic E-state index is 14.0. The lowest BCUT2D eigenvalue weighted by atomic mass is 10.1. The fraction of sp³-hybridized carbons (Fsp3) is 0.548. The number of ether oxygens (including phenoxy) is 1. The summed E-state index contributed by atoms with van der Waals surface area (Å²) in [6, 6.07) is 10.6. The van der Waals surface area contributed by atoms with Gasteiger partial charge in [-0.25, -0.2) is 13.4 Å². The molecular formula is C31H45ClN4O4S2. The number of carbonyl (C=O) groups is 1. The average Bonchev–Trinajstić information content (AvgIpc) is 3.44. The average molecular weight is 637 g/mol. The van der Waals surface area contributed by atoms with Gasteiger partial charge in [-0.15, -0.1) is 12.4 Å². The number of anilines is 1. The molecule has 0 radical (unpaired) electrons. The van der Waals surface area contributed by atoms with Gasteiger partial charge in [-0.2, -0.15) is 4.31 Å². The van der Waals surface area contributed by atoms with Crippen molar-refractivity contribution in [3.8, 4) is 0 Å². The lowest BCUT2D eigenvalue weighted by Gasteiger charge is -2.27. The van der Waals surface area contributed by atoms with Crippen LogP contribution < -0.4 is 4.90 Å². The highest BCUT2D eigenvalue weighted by molar-refractivity contribution is 7.89. The summed E-state index contributed by atoms with van der Waals surface area (Å²) in [6.07, 6.45) is 4.30. The molecule has 42 heavy (non-hydrogen) atoms. The molecule has 1 saturated heterocycles. The Morgan fingerprint density at radius 1 is 0.929 bits per heavy atom. The lowest BCUT2D eigenvalue weighted by Crippen LogP contribution is -2.39. The number of benzene rings is 2. The number of halogens is 1. The Hall–Kier alpha value is -2.08. The highest BCUT2D eigenvalue weighted by atomic mass is 35.5. The van der Waals surface area contributed by atoms with Gasteiger partial charge in [-0.3, -0.25) is 14.6 Å². The molecule has 3 aromatic rings. The SMILES string of the molecule is CCCCN(CCCC)S(=O)(=O)c1ccc(C(=O)N(CCCN2CCOCC2)c2nc3c(C)ccc(C)c3s2)cc1.Cl. The number of thiazole rings is 1. The first-order valence-corrected chi connectivity index (χ1v) is 17.1. The quantitative estimate of drug-likeness (QED) is 0.207. The standard InChI is InChI=1S/C31H44N4O4S2.ClH/c1-5-7-17-34(18-8-6-2)41(37,38)27-14-12-26(13-15-27)30(36)35(19-9-16-33-20-22-39-23-21-33)31-32-28-24(3)10-11-25(4)29(28)40-31;/h10-15H,5-9,16-23H2,1-4H3;1H. The van der Waals surface area contributed by atoms with Crippen LogP contribution in [0.25, 0.3) is 10.2 Å². The highest BCUT2D eigenvalue weighted by Gasteiger charge is 2.26. The van der Waals surface area contributed by atoms with E-state index in [-0.39, 0.29) is 23.2 Å². The number of hydrogen-bond donors (Lipinski definition) is 0. The summed E-state index contributed by atoms with van der Waals surface area (Å²) in [5, 5.41) is 0.673. The van der Waals surface area contributed by atoms with Crippen LogP contribution in [0.1, 0.15) is 67.4 Å². The van der Waals surface area contributed by atoms with Crippen molar-refractivity contribution in [2.45, 2.75) is 64.7 Å². The summed E-state index contributed by atoms with van der Waals surface area (Å²) in [4.78, 5) is 23.2. The molecular weight excluding hydrogens is 592 g/mol. The van der Waals surface area contributed by atoms with Crippen LogP contribution in [0.2, 0.25) is 0 Å². The van der Waals surface area contributed by atoms with Gasteiger partial charge < -0.3 is 4.74 Å². The monoisotopic (exact) mass is 636 g/mol. The normalized spacial score (nSPS) is 14.3. The maximum Gasteiger partial charge on any atom is 0.260 e. The second-order valence-electron chi connectivity index (χ2n) is 10.8. The minimum Gasteiger partial charge on any atom is -0.379 e. The molecule has 1 aliphatic heterocycles. The van der Waals surface area contributed by atoms with Crippen LogP contribution in [-0.4, -0.2) is 81.0 Å². The summed E-state index contributed by atoms with van der Waals surface area (Å²) >= 11 is 1.54. The zero-order chi connectivity index (χ0) is 29.4. The van der Waals surface area contributed by atoms with Crippen LogP contribution in [0.4, 0.5) is 5.13 Å². The van der Waals surface area contributed by atoms with E-state index in [1.165, 1.54) is 11.3 Å². The Morgan fingerprint density at radius 2 is 1.55 bits per heavy atom. The van der Waals surface area contributed by atoms with Crippen LogP contribution in [-0.2, 0) is 14.8 Å². The molecule has 1 fully saturated rings. The van der Waals surface area contributed by atoms with E-state index in [9.17, 15) is 13.2 Å². The van der Waals surface area contributed by atoms with E-state index in [2.05, 4.69) is 37.8 Å². The summed E-state index contributed by atoms with van der Waals surface area (Å²) in [5.74, 6) is -0.167. The predicted octanol–water partition coefficient (Wildman–Crippen LogP) is 6.29. The van der Waals surface area contributed by atoms with Gasteiger partial charge in [-0.1, -0.05) is 50.2 Å². The third kappa shape index (κ3) is 8.30. The van der Waals surface area contributed by atoms with E-state index in [4.69, 9.17) is 9.72 Å². The van der Waals surface area contributed by atoms with Gasteiger partial charge in [0.2, 0.25) is 10.0 Å². The van der Waals surface area contributed by atoms with E-state index in [0.29, 0.717) is 30.3 Å². The van der Waals surface area contributed by atoms with Gasteiger partial charge in [0.15, 0.2) is 5.13 Å². The third-order valence-corrected chi connectivity index (χ3v) is 10.8. The van der Waals surface area contributed by atoms with E-state index in [1.54, 1.807) is 33.5 Å². The number of unbranched alkanes of at least 4 members (excludes halogenated alkanes) is 2. The summed E-state index contributed by atoms with van der Waals surface area (Å²) in [5.41, 5.74) is 3.60. The van der Waals surface area contributed by atoms with Crippen LogP contribution in [0, 0.1) is 13.8 Å². The highest BCUT2D eigenvalue weighted by Crippen LogP contribution is 2.34. The fourth-order valence-corrected chi connectivity index (χ4v) is 7.67. The minimum absolute atomic E-state index is 0. The van der Waals surface area contributed by atoms with Gasteiger partial charge in [0.05, 0.1) is 28.3 Å². The van der Waals surface area contributed by atoms with Crippen molar-refractivity contribution < 1.29 is 17.9 Å². The van der Waals surface area contributed by atoms with Crippen molar-refractivity contribution in [3.63, 3.8) is 0 Å². The van der Waals surface area contributed by atoms with Crippen LogP contribution >= 0.6 is 23.7 Å². The lowest BCUT2D eigenvalue weighted by molar-refractivity contribution is 0.0376. The molecule has 0 N–H and O–H groups in total. The molecule has 1 aromatic heterocycles. The Bertz CT molecular complexity index is 1360. The summed E-state index contributed by atoms with van der Waals surface area (Å²) in [7, 11) is -3.63. The topological polar surface area (TPSA) is 83.1 Å². The van der Waals surface area contributed by atoms with Crippen molar-refractivity contribution in [1.82, 2.24) is 14.2 Å². The largest absolute Gasteiger partial charge is 0.379 e. The number of morpholine rings is 1. The van der Waals surface area contributed by atoms with Crippen LogP contribution in [0.15, 0.2) is 41.3 Å². The first-order valence-electron chi connectivity index (χ1n) is 14.8. The van der Waals surface area contributed by atoms with Crippen molar-refractivity contribution in [2.24, 2.45) is 0 Å². The van der Waals surface area contributed by atoms with E-state index in [1.807, 2.05) is 6.92 Å². The molecule has 4 rings (SSSR count). The predicted molar refractivity (Wildman–Crippen MR) is 175 cm³/mol. The number of hydrogen-bond acceptors (Lipinski definition) is 7. The van der Waals surface area contributed by atoms with Crippen molar-refractivity contribution in [3.05, 3.63) is 53.1 Å². The smallest absolute Gasteiger partial charge is 0.260 e. The Labute approximate surface area is 261 Å². The van der Waals surface area contributed by atoms with Gasteiger partial charge in [0.1, 0.15) is 0 Å². The van der Waals surface area contributed by atoms with Gasteiger partial charge in [-0.05, 0) is 68.5 Å². The summed E-state index contributed by atoms with van der Waals surface area (Å²) in [6.45, 7) is 13.9. The number of nitrogens with zero attached hydrogens (tertiary/aromatic N) is 4. The van der Waals surface area contributed by atoms with Crippen molar-refractivity contribution >= 4 is 55.0 Å². The molecule has 2 aromatic carbocycles. The third-order valence-electron chi connectivity index (χ3n) is 7.63. The molecule has 8 nitrogen and oxygen atoms in total. The molecule has 2 heterocycles. The Balaban J connectivity index is 0.00000484. The molecule has 0 spiro atoms. The van der Waals surface area contributed by atoms with Gasteiger partial charge in [0, 0.05) is 44.8 Å². The molecule has 0 bridgehead atoms. The molecule has 0 atom stereocenters. The second kappa shape index (κ2) is 16.1. The van der Waals surface area contributed by atoms with Gasteiger partial charge in [0.25, 0.3) is 5.91 Å². The van der Waals surface area contributed by atoms with Crippen LogP contribution in [0.5, 0.6) is 0 Å². The number of fused-ring (bicyclic) bond motifs is 1. The first kappa shape index (κ1) is 34.4. The van der Waals surface area contributed by atoms with Crippen molar-refractivity contribution in [1.29, 1.82) is 0 Å². The van der Waals surface area contributed by atoms with E-state index in [0.717, 1.165) is 86.3 Å². The molecule has 0 unspecified atom stereocenters. The number of aromatic nitrogens is 1. The zero-order valence-corrected chi connectivity index (χ0v) is 27.8. The minimum atomic E-state index is -3.63. The number of rotatable bonds is 14. The molecule has 1 amide bonds. The van der Waals surface area contributed by atoms with E-state index >= 15 is 0 Å². The summed E-state index contributed by atoms with van der Waals surface area (Å²) < 4.78 is 35.0. The zero-order valence-electron chi connectivity index (χ0n) is 25.3. The number of carbonyl (C=O) groups excluding carboxylic acids is 1. The van der Waals surface area contributed by atoms with Crippen molar-refractivity contribution in [2.75, 3.05) is 57.4 Å². The number of aryl methyl sites for hydroxylation is 2. The van der Waals surface area contributed by atoms with Crippen LogP contribution in [0.3, 0.4) is 0 Å². The van der Waals surface area contributed by atoms with Gasteiger partial charge >= 0.3 is 0 Å². The molecule has 0 aliphatic carbocycles. The molecule has 1 aliphatic rings. The first-order chi connectivity index (χ1) is 19.8. The Kier molecular flexibility index (Phi) is 13.2. The molecule has 232 valence electrons. The van der Waals surface area contributed by atoms with E-state index < -0.39 is 10.0 Å². The molecule has 0 saturated carbocycles. The maximum absolute atomic E-state index is 14.0. The molecule has 11 heteroatoms.